The van der Waals surface area contributed by atoms with E-state index in [1.807, 2.05) is 19.9 Å². The molecule has 0 saturated carbocycles. The molecular weight excluding hydrogens is 256 g/mol. The first-order valence-electron chi connectivity index (χ1n) is 6.90. The number of rotatable bonds is 4. The van der Waals surface area contributed by atoms with Crippen LogP contribution in [0.25, 0.3) is 0 Å². The zero-order valence-electron chi connectivity index (χ0n) is 12.6. The van der Waals surface area contributed by atoms with Crippen molar-refractivity contribution < 1.29 is 4.74 Å². The Morgan fingerprint density at radius 2 is 1.95 bits per heavy atom. The molecule has 0 radical (unpaired) electrons. The lowest BCUT2D eigenvalue weighted by atomic mass is 9.91. The highest BCUT2D eigenvalue weighted by atomic mass is 35.5. The predicted molar refractivity (Wildman–Crippen MR) is 83.2 cm³/mol. The van der Waals surface area contributed by atoms with Crippen LogP contribution >= 0.6 is 11.6 Å². The molecular formula is C17H23ClO. The van der Waals surface area contributed by atoms with E-state index in [1.165, 1.54) is 5.56 Å². The van der Waals surface area contributed by atoms with Gasteiger partial charge in [0.2, 0.25) is 0 Å². The fourth-order valence-corrected chi connectivity index (χ4v) is 2.43. The van der Waals surface area contributed by atoms with Crippen LogP contribution in [-0.4, -0.2) is 6.61 Å². The molecule has 0 saturated heterocycles. The highest BCUT2D eigenvalue weighted by molar-refractivity contribution is 6.32. The summed E-state index contributed by atoms with van der Waals surface area (Å²) in [6.45, 7) is 11.0. The summed E-state index contributed by atoms with van der Waals surface area (Å²) in [5.74, 6) is 7.62. The molecule has 104 valence electrons. The molecule has 1 atom stereocenters. The van der Waals surface area contributed by atoms with Crippen molar-refractivity contribution in [1.82, 2.24) is 0 Å². The Labute approximate surface area is 122 Å². The number of benzene rings is 1. The molecule has 0 aliphatic carbocycles. The number of aryl methyl sites for hydroxylation is 1. The standard InChI is InChI=1S/C17H23ClO/c1-6-8-9-10-12(3)16-14(5)17(18)13(4)11-15(16)19-7-2/h11-12H,6-7,10H2,1-5H3. The molecule has 0 bridgehead atoms. The summed E-state index contributed by atoms with van der Waals surface area (Å²) in [5, 5.41) is 0.841. The Morgan fingerprint density at radius 3 is 2.53 bits per heavy atom. The minimum Gasteiger partial charge on any atom is -0.494 e. The number of halogens is 1. The number of hydrogen-bond acceptors (Lipinski definition) is 1. The summed E-state index contributed by atoms with van der Waals surface area (Å²) < 4.78 is 5.77. The monoisotopic (exact) mass is 278 g/mol. The van der Waals surface area contributed by atoms with Crippen molar-refractivity contribution in [1.29, 1.82) is 0 Å². The largest absolute Gasteiger partial charge is 0.494 e. The van der Waals surface area contributed by atoms with Crippen molar-refractivity contribution in [2.24, 2.45) is 0 Å². The van der Waals surface area contributed by atoms with Gasteiger partial charge in [-0.05, 0) is 43.9 Å². The van der Waals surface area contributed by atoms with Gasteiger partial charge in [0.05, 0.1) is 6.61 Å². The average Bonchev–Trinajstić information content (AvgIpc) is 2.37. The van der Waals surface area contributed by atoms with Crippen molar-refractivity contribution in [3.05, 3.63) is 27.8 Å². The molecule has 0 aliphatic heterocycles. The molecule has 19 heavy (non-hydrogen) atoms. The van der Waals surface area contributed by atoms with Crippen molar-refractivity contribution in [2.75, 3.05) is 6.61 Å². The van der Waals surface area contributed by atoms with Gasteiger partial charge in [0.25, 0.3) is 0 Å². The summed E-state index contributed by atoms with van der Waals surface area (Å²) in [6, 6.07) is 2.04. The van der Waals surface area contributed by atoms with Crippen molar-refractivity contribution in [3.63, 3.8) is 0 Å². The second kappa shape index (κ2) is 7.46. The molecule has 0 aliphatic rings. The number of hydrogen-bond donors (Lipinski definition) is 0. The Balaban J connectivity index is 3.19. The fraction of sp³-hybridized carbons (Fsp3) is 0.529. The van der Waals surface area contributed by atoms with Crippen LogP contribution in [0.5, 0.6) is 5.75 Å². The predicted octanol–water partition coefficient (Wildman–Crippen LogP) is 5.26. The molecule has 2 heteroatoms. The van der Waals surface area contributed by atoms with Gasteiger partial charge in [0.1, 0.15) is 5.75 Å². The van der Waals surface area contributed by atoms with E-state index >= 15 is 0 Å². The quantitative estimate of drug-likeness (QED) is 0.683. The van der Waals surface area contributed by atoms with E-state index in [2.05, 4.69) is 32.6 Å². The van der Waals surface area contributed by atoms with Gasteiger partial charge < -0.3 is 4.74 Å². The fourth-order valence-electron chi connectivity index (χ4n) is 2.28. The van der Waals surface area contributed by atoms with Gasteiger partial charge in [0.15, 0.2) is 0 Å². The van der Waals surface area contributed by atoms with Crippen LogP contribution in [0.15, 0.2) is 6.07 Å². The van der Waals surface area contributed by atoms with Crippen LogP contribution in [0.3, 0.4) is 0 Å². The van der Waals surface area contributed by atoms with Gasteiger partial charge in [-0.25, -0.2) is 0 Å². The second-order valence-electron chi connectivity index (χ2n) is 4.79. The topological polar surface area (TPSA) is 9.23 Å². The zero-order chi connectivity index (χ0) is 14.4. The maximum Gasteiger partial charge on any atom is 0.123 e. The molecule has 0 N–H and O–H groups in total. The summed E-state index contributed by atoms with van der Waals surface area (Å²) in [5.41, 5.74) is 3.39. The van der Waals surface area contributed by atoms with Crippen LogP contribution in [-0.2, 0) is 0 Å². The molecule has 1 unspecified atom stereocenters. The van der Waals surface area contributed by atoms with E-state index in [4.69, 9.17) is 16.3 Å². The molecule has 1 aromatic rings. The smallest absolute Gasteiger partial charge is 0.123 e. The summed E-state index contributed by atoms with van der Waals surface area (Å²) >= 11 is 6.37. The normalized spacial score (nSPS) is 11.7. The van der Waals surface area contributed by atoms with Gasteiger partial charge in [0, 0.05) is 23.4 Å². The van der Waals surface area contributed by atoms with Gasteiger partial charge in [-0.15, -0.1) is 11.8 Å². The zero-order valence-corrected chi connectivity index (χ0v) is 13.3. The van der Waals surface area contributed by atoms with Crippen LogP contribution in [0.4, 0.5) is 0 Å². The molecule has 1 rings (SSSR count). The Morgan fingerprint density at radius 1 is 1.26 bits per heavy atom. The lowest BCUT2D eigenvalue weighted by molar-refractivity contribution is 0.334. The molecule has 0 fully saturated rings. The maximum absolute atomic E-state index is 6.37. The summed E-state index contributed by atoms with van der Waals surface area (Å²) in [7, 11) is 0. The third-order valence-electron chi connectivity index (χ3n) is 3.20. The molecule has 1 aromatic carbocycles. The minimum absolute atomic E-state index is 0.332. The Kier molecular flexibility index (Phi) is 6.25. The van der Waals surface area contributed by atoms with Gasteiger partial charge >= 0.3 is 0 Å². The van der Waals surface area contributed by atoms with Gasteiger partial charge in [-0.1, -0.05) is 25.4 Å². The van der Waals surface area contributed by atoms with Crippen LogP contribution in [0, 0.1) is 25.7 Å². The lowest BCUT2D eigenvalue weighted by Gasteiger charge is -2.20. The third kappa shape index (κ3) is 3.91. The Bertz CT molecular complexity index is 494. The van der Waals surface area contributed by atoms with E-state index in [0.717, 1.165) is 34.7 Å². The van der Waals surface area contributed by atoms with Crippen LogP contribution in [0.2, 0.25) is 5.02 Å². The Hall–Kier alpha value is -1.13. The highest BCUT2D eigenvalue weighted by Crippen LogP contribution is 2.37. The van der Waals surface area contributed by atoms with E-state index in [0.29, 0.717) is 12.5 Å². The van der Waals surface area contributed by atoms with Gasteiger partial charge in [-0.3, -0.25) is 0 Å². The first-order valence-corrected chi connectivity index (χ1v) is 7.28. The molecule has 1 nitrogen and oxygen atoms in total. The van der Waals surface area contributed by atoms with E-state index in [-0.39, 0.29) is 0 Å². The highest BCUT2D eigenvalue weighted by Gasteiger charge is 2.17. The second-order valence-corrected chi connectivity index (χ2v) is 5.17. The van der Waals surface area contributed by atoms with Gasteiger partial charge in [-0.2, -0.15) is 0 Å². The first kappa shape index (κ1) is 15.9. The van der Waals surface area contributed by atoms with E-state index in [1.54, 1.807) is 0 Å². The van der Waals surface area contributed by atoms with Crippen molar-refractivity contribution in [3.8, 4) is 17.6 Å². The summed E-state index contributed by atoms with van der Waals surface area (Å²) in [4.78, 5) is 0. The summed E-state index contributed by atoms with van der Waals surface area (Å²) in [6.07, 6.45) is 1.74. The third-order valence-corrected chi connectivity index (χ3v) is 3.78. The SMILES string of the molecule is CCC#CCC(C)c1c(OCC)cc(C)c(Cl)c1C. The first-order chi connectivity index (χ1) is 9.02. The molecule has 0 spiro atoms. The van der Waals surface area contributed by atoms with Crippen LogP contribution < -0.4 is 4.74 Å². The molecule has 0 heterocycles. The van der Waals surface area contributed by atoms with E-state index < -0.39 is 0 Å². The minimum atomic E-state index is 0.332. The molecule has 0 amide bonds. The molecule has 0 aromatic heterocycles. The lowest BCUT2D eigenvalue weighted by Crippen LogP contribution is -2.04. The maximum atomic E-state index is 6.37. The number of ether oxygens (including phenoxy) is 1. The van der Waals surface area contributed by atoms with Crippen molar-refractivity contribution >= 4 is 11.6 Å². The van der Waals surface area contributed by atoms with E-state index in [9.17, 15) is 0 Å². The average molecular weight is 279 g/mol. The van der Waals surface area contributed by atoms with Crippen LogP contribution in [0.1, 0.15) is 56.2 Å². The van der Waals surface area contributed by atoms with Crippen molar-refractivity contribution in [2.45, 2.75) is 53.4 Å².